The molecule has 2 aliphatic rings. The molecule has 2 rings (SSSR count). The third-order valence-corrected chi connectivity index (χ3v) is 4.78. The summed E-state index contributed by atoms with van der Waals surface area (Å²) in [7, 11) is 0. The molecule has 0 aromatic heterocycles. The van der Waals surface area contributed by atoms with Gasteiger partial charge in [-0.15, -0.1) is 0 Å². The van der Waals surface area contributed by atoms with Gasteiger partial charge in [-0.3, -0.25) is 4.90 Å². The molecule has 0 aromatic rings. The van der Waals surface area contributed by atoms with Gasteiger partial charge in [0.15, 0.2) is 0 Å². The first kappa shape index (κ1) is 15.2. The summed E-state index contributed by atoms with van der Waals surface area (Å²) in [5, 5.41) is 22.3. The van der Waals surface area contributed by atoms with Gasteiger partial charge in [0.1, 0.15) is 0 Å². The lowest BCUT2D eigenvalue weighted by Crippen LogP contribution is -2.55. The maximum atomic E-state index is 9.89. The molecule has 19 heavy (non-hydrogen) atoms. The lowest BCUT2D eigenvalue weighted by molar-refractivity contribution is 0.0364. The Morgan fingerprint density at radius 3 is 2.68 bits per heavy atom. The van der Waals surface area contributed by atoms with Crippen LogP contribution in [-0.2, 0) is 0 Å². The molecule has 3 N–H and O–H groups in total. The lowest BCUT2D eigenvalue weighted by atomic mass is 9.84. The van der Waals surface area contributed by atoms with Crippen molar-refractivity contribution in [2.45, 2.75) is 63.6 Å². The van der Waals surface area contributed by atoms with E-state index < -0.39 is 0 Å². The van der Waals surface area contributed by atoms with Gasteiger partial charge in [-0.1, -0.05) is 13.3 Å². The highest BCUT2D eigenvalue weighted by Gasteiger charge is 2.33. The van der Waals surface area contributed by atoms with Crippen molar-refractivity contribution < 1.29 is 10.2 Å². The second-order valence-corrected chi connectivity index (χ2v) is 6.31. The van der Waals surface area contributed by atoms with Crippen LogP contribution >= 0.6 is 0 Å². The number of nitrogens with zero attached hydrogens (tertiary/aromatic N) is 1. The van der Waals surface area contributed by atoms with E-state index in [2.05, 4.69) is 17.1 Å². The largest absolute Gasteiger partial charge is 0.395 e. The summed E-state index contributed by atoms with van der Waals surface area (Å²) >= 11 is 0. The third kappa shape index (κ3) is 4.42. The molecule has 4 nitrogen and oxygen atoms in total. The fourth-order valence-corrected chi connectivity index (χ4v) is 3.43. The van der Waals surface area contributed by atoms with Crippen molar-refractivity contribution in [2.75, 3.05) is 26.2 Å². The van der Waals surface area contributed by atoms with Gasteiger partial charge in [0.05, 0.1) is 12.7 Å². The van der Waals surface area contributed by atoms with Crippen molar-refractivity contribution in [3.05, 3.63) is 0 Å². The number of piperidine rings is 1. The molecule has 112 valence electrons. The fraction of sp³-hybridized carbons (Fsp3) is 1.00. The van der Waals surface area contributed by atoms with Crippen LogP contribution in [0.4, 0.5) is 0 Å². The molecule has 1 saturated carbocycles. The van der Waals surface area contributed by atoms with Crippen molar-refractivity contribution in [1.82, 2.24) is 10.2 Å². The zero-order valence-electron chi connectivity index (χ0n) is 12.2. The normalized spacial score (nSPS) is 31.1. The van der Waals surface area contributed by atoms with Crippen LogP contribution in [0.2, 0.25) is 0 Å². The second kappa shape index (κ2) is 7.58. The van der Waals surface area contributed by atoms with Gasteiger partial charge in [-0.25, -0.2) is 0 Å². The summed E-state index contributed by atoms with van der Waals surface area (Å²) in [5.41, 5.74) is 0. The molecular weight excluding hydrogens is 240 g/mol. The van der Waals surface area contributed by atoms with Crippen LogP contribution < -0.4 is 5.32 Å². The van der Waals surface area contributed by atoms with Gasteiger partial charge in [0.25, 0.3) is 0 Å². The van der Waals surface area contributed by atoms with E-state index in [-0.39, 0.29) is 12.7 Å². The number of aliphatic hydroxyl groups excluding tert-OH is 2. The molecule has 2 fully saturated rings. The number of hydrogen-bond donors (Lipinski definition) is 3. The Morgan fingerprint density at radius 2 is 2.11 bits per heavy atom. The molecule has 1 aliphatic carbocycles. The first-order valence-corrected chi connectivity index (χ1v) is 7.99. The number of hydrogen-bond acceptors (Lipinski definition) is 4. The minimum Gasteiger partial charge on any atom is -0.395 e. The quantitative estimate of drug-likeness (QED) is 0.645. The van der Waals surface area contributed by atoms with Crippen LogP contribution in [0.25, 0.3) is 0 Å². The van der Waals surface area contributed by atoms with E-state index in [4.69, 9.17) is 5.11 Å². The van der Waals surface area contributed by atoms with Gasteiger partial charge in [-0.05, 0) is 38.0 Å². The lowest BCUT2D eigenvalue weighted by Gasteiger charge is -2.45. The molecule has 3 unspecified atom stereocenters. The predicted octanol–water partition coefficient (Wildman–Crippen LogP) is 0.972. The van der Waals surface area contributed by atoms with Crippen LogP contribution in [0.5, 0.6) is 0 Å². The zero-order chi connectivity index (χ0) is 13.7. The molecule has 1 aliphatic heterocycles. The van der Waals surface area contributed by atoms with Crippen LogP contribution in [0.15, 0.2) is 0 Å². The maximum absolute atomic E-state index is 9.89. The fourth-order valence-electron chi connectivity index (χ4n) is 3.43. The Labute approximate surface area is 117 Å². The van der Waals surface area contributed by atoms with Crippen LogP contribution in [0.3, 0.4) is 0 Å². The van der Waals surface area contributed by atoms with Crippen LogP contribution in [0.1, 0.15) is 45.4 Å². The third-order valence-electron chi connectivity index (χ3n) is 4.78. The SMILES string of the molecule is CCC(O)CC1CC(NCCO)CN(C2CCC2)C1. The number of nitrogens with one attached hydrogen (secondary N) is 1. The minimum atomic E-state index is -0.148. The summed E-state index contributed by atoms with van der Waals surface area (Å²) in [6.45, 7) is 5.22. The number of rotatable bonds is 7. The maximum Gasteiger partial charge on any atom is 0.0556 e. The van der Waals surface area contributed by atoms with Crippen molar-refractivity contribution in [3.8, 4) is 0 Å². The zero-order valence-corrected chi connectivity index (χ0v) is 12.2. The van der Waals surface area contributed by atoms with Gasteiger partial charge in [-0.2, -0.15) is 0 Å². The van der Waals surface area contributed by atoms with Crippen molar-refractivity contribution in [1.29, 1.82) is 0 Å². The standard InChI is InChI=1S/C15H30N2O2/c1-2-15(19)9-12-8-13(16-6-7-18)11-17(10-12)14-4-3-5-14/h12-16,18-19H,2-11H2,1H3. The summed E-state index contributed by atoms with van der Waals surface area (Å²) in [5.74, 6) is 0.598. The second-order valence-electron chi connectivity index (χ2n) is 6.31. The van der Waals surface area contributed by atoms with E-state index in [1.165, 1.54) is 19.3 Å². The number of aliphatic hydroxyl groups is 2. The summed E-state index contributed by atoms with van der Waals surface area (Å²) < 4.78 is 0. The highest BCUT2D eigenvalue weighted by atomic mass is 16.3. The molecule has 0 radical (unpaired) electrons. The van der Waals surface area contributed by atoms with Crippen molar-refractivity contribution in [3.63, 3.8) is 0 Å². The summed E-state index contributed by atoms with van der Waals surface area (Å²) in [6, 6.07) is 1.26. The average molecular weight is 270 g/mol. The van der Waals surface area contributed by atoms with Crippen molar-refractivity contribution >= 4 is 0 Å². The van der Waals surface area contributed by atoms with Crippen LogP contribution in [0, 0.1) is 5.92 Å². The minimum absolute atomic E-state index is 0.148. The van der Waals surface area contributed by atoms with Gasteiger partial charge < -0.3 is 15.5 Å². The highest BCUT2D eigenvalue weighted by molar-refractivity contribution is 4.90. The Hall–Kier alpha value is -0.160. The monoisotopic (exact) mass is 270 g/mol. The van der Waals surface area contributed by atoms with E-state index in [0.29, 0.717) is 18.5 Å². The predicted molar refractivity (Wildman–Crippen MR) is 77.1 cm³/mol. The van der Waals surface area contributed by atoms with E-state index in [1.54, 1.807) is 0 Å². The first-order chi connectivity index (χ1) is 9.22. The molecule has 0 bridgehead atoms. The van der Waals surface area contributed by atoms with E-state index in [0.717, 1.165) is 38.4 Å². The molecule has 0 spiro atoms. The summed E-state index contributed by atoms with van der Waals surface area (Å²) in [6.07, 6.45) is 6.83. The van der Waals surface area contributed by atoms with Gasteiger partial charge in [0.2, 0.25) is 0 Å². The molecule has 1 heterocycles. The Morgan fingerprint density at radius 1 is 1.32 bits per heavy atom. The molecule has 0 aromatic carbocycles. The summed E-state index contributed by atoms with van der Waals surface area (Å²) in [4.78, 5) is 2.62. The Bertz CT molecular complexity index is 259. The van der Waals surface area contributed by atoms with Crippen LogP contribution in [-0.4, -0.2) is 59.5 Å². The first-order valence-electron chi connectivity index (χ1n) is 7.99. The number of likely N-dealkylation sites (tertiary alicyclic amines) is 1. The van der Waals surface area contributed by atoms with Crippen molar-refractivity contribution in [2.24, 2.45) is 5.92 Å². The Kier molecular flexibility index (Phi) is 6.07. The van der Waals surface area contributed by atoms with E-state index in [1.807, 2.05) is 0 Å². The smallest absolute Gasteiger partial charge is 0.0556 e. The van der Waals surface area contributed by atoms with E-state index in [9.17, 15) is 5.11 Å². The highest BCUT2D eigenvalue weighted by Crippen LogP contribution is 2.30. The molecule has 0 amide bonds. The average Bonchev–Trinajstić information content (AvgIpc) is 2.34. The van der Waals surface area contributed by atoms with Gasteiger partial charge in [0, 0.05) is 31.7 Å². The van der Waals surface area contributed by atoms with E-state index >= 15 is 0 Å². The molecular formula is C15H30N2O2. The Balaban J connectivity index is 1.86. The topological polar surface area (TPSA) is 55.7 Å². The molecule has 4 heteroatoms. The molecule has 3 atom stereocenters. The molecule has 1 saturated heterocycles. The van der Waals surface area contributed by atoms with Gasteiger partial charge >= 0.3 is 0 Å².